The molecule has 0 aromatic rings. The van der Waals surface area contributed by atoms with Crippen molar-refractivity contribution >= 4 is 12.0 Å². The zero-order chi connectivity index (χ0) is 15.0. The fourth-order valence-electron chi connectivity index (χ4n) is 2.08. The van der Waals surface area contributed by atoms with Gasteiger partial charge < -0.3 is 24.8 Å². The third kappa shape index (κ3) is 5.34. The normalized spacial score (nSPS) is 20.5. The van der Waals surface area contributed by atoms with E-state index in [1.807, 2.05) is 6.92 Å². The van der Waals surface area contributed by atoms with Gasteiger partial charge in [0.2, 0.25) is 0 Å². The van der Waals surface area contributed by atoms with E-state index >= 15 is 0 Å². The Morgan fingerprint density at radius 1 is 1.55 bits per heavy atom. The van der Waals surface area contributed by atoms with Gasteiger partial charge in [-0.05, 0) is 19.3 Å². The molecule has 1 rings (SSSR count). The molecule has 2 amide bonds. The molecule has 1 aliphatic rings. The highest BCUT2D eigenvalue weighted by Crippen LogP contribution is 2.09. The molecule has 1 heterocycles. The van der Waals surface area contributed by atoms with Gasteiger partial charge in [-0.25, -0.2) is 9.59 Å². The summed E-state index contributed by atoms with van der Waals surface area (Å²) in [5, 5.41) is 11.7. The Balaban J connectivity index is 2.46. The first-order chi connectivity index (χ1) is 9.58. The molecule has 7 nitrogen and oxygen atoms in total. The first-order valence-corrected chi connectivity index (χ1v) is 6.97. The van der Waals surface area contributed by atoms with Crippen molar-refractivity contribution in [2.45, 2.75) is 38.3 Å². The fourth-order valence-corrected chi connectivity index (χ4v) is 2.08. The van der Waals surface area contributed by atoms with E-state index in [9.17, 15) is 9.59 Å². The summed E-state index contributed by atoms with van der Waals surface area (Å²) in [7, 11) is 1.56. The van der Waals surface area contributed by atoms with Gasteiger partial charge in [-0.3, -0.25) is 0 Å². The van der Waals surface area contributed by atoms with Gasteiger partial charge in [0.1, 0.15) is 6.04 Å². The lowest BCUT2D eigenvalue weighted by Crippen LogP contribution is -2.53. The highest BCUT2D eigenvalue weighted by atomic mass is 16.5. The van der Waals surface area contributed by atoms with Crippen molar-refractivity contribution < 1.29 is 24.2 Å². The Morgan fingerprint density at radius 2 is 2.30 bits per heavy atom. The number of nitrogens with one attached hydrogen (secondary N) is 1. The highest BCUT2D eigenvalue weighted by molar-refractivity contribution is 5.82. The third-order valence-corrected chi connectivity index (χ3v) is 3.32. The maximum absolute atomic E-state index is 12.1. The molecular weight excluding hydrogens is 264 g/mol. The molecule has 2 unspecified atom stereocenters. The van der Waals surface area contributed by atoms with Gasteiger partial charge in [-0.2, -0.15) is 0 Å². The second-order valence-electron chi connectivity index (χ2n) is 4.82. The van der Waals surface area contributed by atoms with Gasteiger partial charge >= 0.3 is 12.0 Å². The van der Waals surface area contributed by atoms with Crippen LogP contribution in [0.1, 0.15) is 26.2 Å². The van der Waals surface area contributed by atoms with Crippen molar-refractivity contribution in [3.63, 3.8) is 0 Å². The number of carboxylic acids is 1. The molecule has 7 heteroatoms. The minimum atomic E-state index is -1.02. The molecule has 1 aliphatic heterocycles. The lowest BCUT2D eigenvalue weighted by molar-refractivity contribution is -0.139. The molecule has 1 fully saturated rings. The summed E-state index contributed by atoms with van der Waals surface area (Å²) in [4.78, 5) is 24.8. The number of nitrogens with zero attached hydrogens (tertiary/aromatic N) is 1. The lowest BCUT2D eigenvalue weighted by Gasteiger charge is -2.33. The molecule has 2 atom stereocenters. The summed E-state index contributed by atoms with van der Waals surface area (Å²) in [6, 6.07) is -1.21. The van der Waals surface area contributed by atoms with Crippen molar-refractivity contribution in [2.75, 3.05) is 33.4 Å². The monoisotopic (exact) mass is 288 g/mol. The summed E-state index contributed by atoms with van der Waals surface area (Å²) in [6.07, 6.45) is 1.82. The van der Waals surface area contributed by atoms with Crippen molar-refractivity contribution in [1.29, 1.82) is 0 Å². The summed E-state index contributed by atoms with van der Waals surface area (Å²) >= 11 is 0. The summed E-state index contributed by atoms with van der Waals surface area (Å²) in [6.45, 7) is 3.97. The number of carboxylic acid groups (broad SMARTS) is 1. The SMILES string of the molecule is CCC1CN(C(=O)NC(CCCOC)C(=O)O)CCO1. The molecule has 2 N–H and O–H groups in total. The van der Waals surface area contributed by atoms with Crippen LogP contribution in [0.3, 0.4) is 0 Å². The van der Waals surface area contributed by atoms with Crippen LogP contribution in [0.4, 0.5) is 4.79 Å². The number of rotatable bonds is 7. The molecule has 0 bridgehead atoms. The van der Waals surface area contributed by atoms with Crippen LogP contribution >= 0.6 is 0 Å². The Bertz CT molecular complexity index is 324. The van der Waals surface area contributed by atoms with Gasteiger partial charge in [0.15, 0.2) is 0 Å². The summed E-state index contributed by atoms with van der Waals surface area (Å²) in [5.74, 6) is -1.02. The molecule has 0 aliphatic carbocycles. The molecule has 0 spiro atoms. The van der Waals surface area contributed by atoms with Crippen LogP contribution in [0.5, 0.6) is 0 Å². The Kier molecular flexibility index (Phi) is 7.32. The van der Waals surface area contributed by atoms with E-state index in [0.29, 0.717) is 39.1 Å². The Labute approximate surface area is 119 Å². The molecule has 20 heavy (non-hydrogen) atoms. The van der Waals surface area contributed by atoms with Gasteiger partial charge in [-0.1, -0.05) is 6.92 Å². The Morgan fingerprint density at radius 3 is 2.90 bits per heavy atom. The molecule has 0 aromatic carbocycles. The quantitative estimate of drug-likeness (QED) is 0.673. The van der Waals surface area contributed by atoms with Gasteiger partial charge in [0.25, 0.3) is 0 Å². The number of ether oxygens (including phenoxy) is 2. The lowest BCUT2D eigenvalue weighted by atomic mass is 10.1. The smallest absolute Gasteiger partial charge is 0.326 e. The number of amides is 2. The minimum Gasteiger partial charge on any atom is -0.480 e. The van der Waals surface area contributed by atoms with Crippen molar-refractivity contribution in [3.05, 3.63) is 0 Å². The van der Waals surface area contributed by atoms with Gasteiger partial charge in [-0.15, -0.1) is 0 Å². The van der Waals surface area contributed by atoms with E-state index < -0.39 is 12.0 Å². The van der Waals surface area contributed by atoms with E-state index in [2.05, 4.69) is 5.32 Å². The van der Waals surface area contributed by atoms with Crippen LogP contribution < -0.4 is 5.32 Å². The van der Waals surface area contributed by atoms with E-state index in [4.69, 9.17) is 14.6 Å². The zero-order valence-corrected chi connectivity index (χ0v) is 12.1. The third-order valence-electron chi connectivity index (χ3n) is 3.32. The number of hydrogen-bond donors (Lipinski definition) is 2. The van der Waals surface area contributed by atoms with Crippen LogP contribution in [0, 0.1) is 0 Å². The van der Waals surface area contributed by atoms with Crippen LogP contribution in [-0.4, -0.2) is 67.6 Å². The van der Waals surface area contributed by atoms with Crippen LogP contribution in [-0.2, 0) is 14.3 Å². The van der Waals surface area contributed by atoms with E-state index in [-0.39, 0.29) is 12.1 Å². The van der Waals surface area contributed by atoms with E-state index in [0.717, 1.165) is 6.42 Å². The maximum atomic E-state index is 12.1. The number of aliphatic carboxylic acids is 1. The van der Waals surface area contributed by atoms with Crippen molar-refractivity contribution in [2.24, 2.45) is 0 Å². The number of urea groups is 1. The standard InChI is InChI=1S/C13H24N2O5/c1-3-10-9-15(6-8-20-10)13(18)14-11(12(16)17)5-4-7-19-2/h10-11H,3-9H2,1-2H3,(H,14,18)(H,16,17). The van der Waals surface area contributed by atoms with Gasteiger partial charge in [0.05, 0.1) is 12.7 Å². The van der Waals surface area contributed by atoms with Crippen LogP contribution in [0.25, 0.3) is 0 Å². The largest absolute Gasteiger partial charge is 0.480 e. The molecule has 0 aromatic heterocycles. The number of morpholine rings is 1. The fraction of sp³-hybridized carbons (Fsp3) is 0.846. The van der Waals surface area contributed by atoms with Crippen LogP contribution in [0.15, 0.2) is 0 Å². The summed E-state index contributed by atoms with van der Waals surface area (Å²) < 4.78 is 10.4. The van der Waals surface area contributed by atoms with Crippen LogP contribution in [0.2, 0.25) is 0 Å². The van der Waals surface area contributed by atoms with E-state index in [1.54, 1.807) is 12.0 Å². The molecule has 1 saturated heterocycles. The zero-order valence-electron chi connectivity index (χ0n) is 12.1. The second-order valence-corrected chi connectivity index (χ2v) is 4.82. The topological polar surface area (TPSA) is 88.1 Å². The number of hydrogen-bond acceptors (Lipinski definition) is 4. The molecule has 0 radical (unpaired) electrons. The first-order valence-electron chi connectivity index (χ1n) is 6.97. The van der Waals surface area contributed by atoms with Crippen molar-refractivity contribution in [3.8, 4) is 0 Å². The van der Waals surface area contributed by atoms with Crippen molar-refractivity contribution in [1.82, 2.24) is 10.2 Å². The molecule has 0 saturated carbocycles. The first kappa shape index (κ1) is 16.7. The minimum absolute atomic E-state index is 0.0336. The highest BCUT2D eigenvalue weighted by Gasteiger charge is 2.26. The molecular formula is C13H24N2O5. The Hall–Kier alpha value is -1.34. The molecule has 116 valence electrons. The average molecular weight is 288 g/mol. The average Bonchev–Trinajstić information content (AvgIpc) is 2.46. The van der Waals surface area contributed by atoms with Gasteiger partial charge in [0, 0.05) is 26.8 Å². The number of methoxy groups -OCH3 is 1. The summed E-state index contributed by atoms with van der Waals surface area (Å²) in [5.41, 5.74) is 0. The number of carbonyl (C=O) groups excluding carboxylic acids is 1. The maximum Gasteiger partial charge on any atom is 0.326 e. The van der Waals surface area contributed by atoms with E-state index in [1.165, 1.54) is 0 Å². The predicted molar refractivity (Wildman–Crippen MR) is 72.7 cm³/mol. The predicted octanol–water partition coefficient (Wildman–Crippen LogP) is 0.687. The second kappa shape index (κ2) is 8.76. The number of carbonyl (C=O) groups is 2.